The van der Waals surface area contributed by atoms with Crippen LogP contribution in [-0.2, 0) is 4.74 Å². The third kappa shape index (κ3) is 9.58. The van der Waals surface area contributed by atoms with Crippen molar-refractivity contribution in [3.8, 4) is 22.5 Å². The molecule has 0 unspecified atom stereocenters. The molecule has 4 N–H and O–H groups in total. The van der Waals surface area contributed by atoms with E-state index >= 15 is 0 Å². The van der Waals surface area contributed by atoms with Crippen molar-refractivity contribution in [3.63, 3.8) is 0 Å². The summed E-state index contributed by atoms with van der Waals surface area (Å²) in [5.41, 5.74) is -0.284. The number of aromatic nitrogens is 5. The minimum Gasteiger partial charge on any atom is -0.447 e. The predicted octanol–water partition coefficient (Wildman–Crippen LogP) is 7.30. The summed E-state index contributed by atoms with van der Waals surface area (Å²) < 4.78 is 59.2. The van der Waals surface area contributed by atoms with Gasteiger partial charge in [0.1, 0.15) is 12.9 Å². The van der Waals surface area contributed by atoms with Crippen molar-refractivity contribution in [2.24, 2.45) is 5.41 Å². The summed E-state index contributed by atoms with van der Waals surface area (Å²) in [6.45, 7) is 5.23. The molecule has 4 aromatic rings. The van der Waals surface area contributed by atoms with Gasteiger partial charge in [-0.25, -0.2) is 23.2 Å². The highest BCUT2D eigenvalue weighted by Crippen LogP contribution is 2.32. The minimum atomic E-state index is -2.91. The maximum Gasteiger partial charge on any atom is 0.407 e. The summed E-state index contributed by atoms with van der Waals surface area (Å²) in [6.07, 6.45) is 0.269. The molecule has 0 saturated heterocycles. The third-order valence-corrected chi connectivity index (χ3v) is 7.92. The van der Waals surface area contributed by atoms with Crippen LogP contribution in [0.2, 0.25) is 5.02 Å². The Kier molecular flexibility index (Phi) is 11.9. The number of carbonyl (C=O) groups excluding carboxylic acids is 2. The lowest BCUT2D eigenvalue weighted by Gasteiger charge is -2.33. The third-order valence-electron chi connectivity index (χ3n) is 7.59. The van der Waals surface area contributed by atoms with E-state index in [2.05, 4.69) is 30.9 Å². The Balaban J connectivity index is 1.76. The second-order valence-electron chi connectivity index (χ2n) is 13.2. The van der Waals surface area contributed by atoms with E-state index in [0.717, 1.165) is 18.7 Å². The number of alkyl carbamates (subject to hydrolysis) is 1. The molecule has 0 bridgehead atoms. The summed E-state index contributed by atoms with van der Waals surface area (Å²) in [7, 11) is 0. The van der Waals surface area contributed by atoms with Gasteiger partial charge in [-0.05, 0) is 61.1 Å². The van der Waals surface area contributed by atoms with E-state index in [4.69, 9.17) is 21.7 Å². The van der Waals surface area contributed by atoms with E-state index in [-0.39, 0.29) is 22.0 Å². The van der Waals surface area contributed by atoms with Crippen LogP contribution in [0.25, 0.3) is 22.5 Å². The molecule has 1 atom stereocenters. The summed E-state index contributed by atoms with van der Waals surface area (Å²) in [5.74, 6) is -0.722. The summed E-state index contributed by atoms with van der Waals surface area (Å²) in [6, 6.07) is 9.52. The number of ether oxygens (including phenoxy) is 1. The van der Waals surface area contributed by atoms with E-state index in [9.17, 15) is 27.2 Å². The highest BCUT2D eigenvalue weighted by molar-refractivity contribution is 6.33. The van der Waals surface area contributed by atoms with Crippen LogP contribution in [0.15, 0.2) is 61.2 Å². The Bertz CT molecular complexity index is 1780. The van der Waals surface area contributed by atoms with Gasteiger partial charge in [-0.1, -0.05) is 50.6 Å². The van der Waals surface area contributed by atoms with Crippen LogP contribution < -0.4 is 10.6 Å². The second-order valence-corrected chi connectivity index (χ2v) is 13.6. The first kappa shape index (κ1) is 37.8. The van der Waals surface area contributed by atoms with Crippen molar-refractivity contribution < 1.29 is 31.9 Å². The average molecular weight is 720 g/mol. The fraction of sp³-hybridized carbons (Fsp3) is 0.394. The van der Waals surface area contributed by atoms with Gasteiger partial charge < -0.3 is 15.4 Å². The van der Waals surface area contributed by atoms with Gasteiger partial charge in [0.15, 0.2) is 11.8 Å². The van der Waals surface area contributed by atoms with Gasteiger partial charge >= 0.3 is 12.6 Å². The van der Waals surface area contributed by atoms with Gasteiger partial charge in [0, 0.05) is 29.4 Å². The van der Waals surface area contributed by atoms with E-state index in [0.29, 0.717) is 45.7 Å². The first-order chi connectivity index (χ1) is 23.5. The van der Waals surface area contributed by atoms with E-state index in [1.165, 1.54) is 36.9 Å². The topological polar surface area (TPSA) is 154 Å². The number of benzene rings is 2. The first-order valence-corrected chi connectivity index (χ1v) is 15.8. The molecule has 17 heteroatoms. The number of alkyl halides is 4. The van der Waals surface area contributed by atoms with Crippen LogP contribution in [0.1, 0.15) is 69.6 Å². The maximum absolute atomic E-state index is 14.4. The van der Waals surface area contributed by atoms with Crippen LogP contribution in [0.3, 0.4) is 0 Å². The van der Waals surface area contributed by atoms with Crippen LogP contribution in [-0.4, -0.2) is 72.9 Å². The lowest BCUT2D eigenvalue weighted by atomic mass is 9.92. The number of nitrogens with one attached hydrogen (secondary N) is 4. The molecule has 12 nitrogen and oxygen atoms in total. The molecule has 0 saturated carbocycles. The molecule has 0 aliphatic carbocycles. The van der Waals surface area contributed by atoms with E-state index in [1.54, 1.807) is 24.3 Å². The number of amides is 2. The Hall–Kier alpha value is -4.99. The number of hydrogen-bond acceptors (Lipinski definition) is 7. The minimum absolute atomic E-state index is 0.107. The highest BCUT2D eigenvalue weighted by atomic mass is 35.5. The predicted molar refractivity (Wildman–Crippen MR) is 179 cm³/mol. The van der Waals surface area contributed by atoms with Crippen LogP contribution in [0.4, 0.5) is 22.4 Å². The molecule has 2 amide bonds. The summed E-state index contributed by atoms with van der Waals surface area (Å²) in [4.78, 5) is 32.4. The molecule has 2 aromatic heterocycles. The number of aromatic amines is 1. The molecule has 0 spiro atoms. The number of halogens is 5. The molecule has 4 rings (SSSR count). The lowest BCUT2D eigenvalue weighted by Crippen LogP contribution is -2.51. The SMILES string of the molecule is CC(C)(C)CCNC(=N)N(C(=O)c1ccc(-c2cnn(C(F)F)c2)cc1)[C@H](COC(=O)NC(C)(C)C(F)F)c1ccc(Cl)c(-c2ncn[nH]2)c1. The van der Waals surface area contributed by atoms with E-state index in [1.807, 2.05) is 20.8 Å². The largest absolute Gasteiger partial charge is 0.447 e. The Morgan fingerprint density at radius 2 is 1.76 bits per heavy atom. The van der Waals surface area contributed by atoms with Crippen LogP contribution >= 0.6 is 11.6 Å². The summed E-state index contributed by atoms with van der Waals surface area (Å²) in [5, 5.41) is 24.7. The van der Waals surface area contributed by atoms with Gasteiger partial charge in [0.05, 0.1) is 22.8 Å². The molecule has 50 heavy (non-hydrogen) atoms. The van der Waals surface area contributed by atoms with Gasteiger partial charge in [-0.3, -0.25) is 20.2 Å². The average Bonchev–Trinajstić information content (AvgIpc) is 3.76. The smallest absolute Gasteiger partial charge is 0.407 e. The molecule has 0 aliphatic rings. The van der Waals surface area contributed by atoms with Crippen LogP contribution in [0, 0.1) is 10.8 Å². The number of hydrogen-bond donors (Lipinski definition) is 4. The number of guanidine groups is 1. The number of carbonyl (C=O) groups is 2. The molecule has 2 heterocycles. The second kappa shape index (κ2) is 15.7. The fourth-order valence-electron chi connectivity index (χ4n) is 4.67. The number of nitrogens with zero attached hydrogens (tertiary/aromatic N) is 5. The quantitative estimate of drug-likeness (QED) is 0.0681. The van der Waals surface area contributed by atoms with Crippen molar-refractivity contribution in [2.45, 2.75) is 65.6 Å². The number of H-pyrrole nitrogens is 1. The highest BCUT2D eigenvalue weighted by Gasteiger charge is 2.35. The monoisotopic (exact) mass is 719 g/mol. The molecular formula is C33H38ClF4N9O3. The maximum atomic E-state index is 14.4. The van der Waals surface area contributed by atoms with Gasteiger partial charge in [-0.2, -0.15) is 19.0 Å². The number of rotatable bonds is 12. The Morgan fingerprint density at radius 1 is 1.06 bits per heavy atom. The normalized spacial score (nSPS) is 12.6. The fourth-order valence-corrected chi connectivity index (χ4v) is 4.88. The van der Waals surface area contributed by atoms with Crippen molar-refractivity contribution in [3.05, 3.63) is 77.3 Å². The van der Waals surface area contributed by atoms with Crippen molar-refractivity contribution in [1.29, 1.82) is 5.41 Å². The van der Waals surface area contributed by atoms with Crippen molar-refractivity contribution in [1.82, 2.24) is 40.5 Å². The Morgan fingerprint density at radius 3 is 2.34 bits per heavy atom. The standard InChI is InChI=1S/C33H38ClF4N9O3/c1-32(2,3)12-13-40-30(39)47(27(48)20-8-6-19(7-9-20)22-15-43-46(16-22)29(37)38)25(17-50-31(49)44-33(4,5)28(35)36)21-10-11-24(34)23(14-21)26-41-18-42-45-26/h6-11,14-16,18,25,28-29H,12-13,17H2,1-5H3,(H2,39,40)(H,44,49)(H,41,42,45)/t25-/m1/s1. The first-order valence-electron chi connectivity index (χ1n) is 15.4. The Labute approximate surface area is 291 Å². The zero-order valence-electron chi connectivity index (χ0n) is 28.0. The van der Waals surface area contributed by atoms with Gasteiger partial charge in [0.25, 0.3) is 12.3 Å². The zero-order valence-corrected chi connectivity index (χ0v) is 28.7. The lowest BCUT2D eigenvalue weighted by molar-refractivity contribution is 0.0402. The van der Waals surface area contributed by atoms with Gasteiger partial charge in [-0.15, -0.1) is 0 Å². The molecular weight excluding hydrogens is 682 g/mol. The van der Waals surface area contributed by atoms with E-state index < -0.39 is 43.2 Å². The molecule has 2 aromatic carbocycles. The molecule has 268 valence electrons. The van der Waals surface area contributed by atoms with Gasteiger partial charge in [0.2, 0.25) is 0 Å². The molecule has 0 fully saturated rings. The molecule has 0 aliphatic heterocycles. The van der Waals surface area contributed by atoms with Crippen LogP contribution in [0.5, 0.6) is 0 Å². The summed E-state index contributed by atoms with van der Waals surface area (Å²) >= 11 is 6.48. The van der Waals surface area contributed by atoms with Crippen molar-refractivity contribution >= 4 is 29.6 Å². The zero-order chi connectivity index (χ0) is 36.8. The van der Waals surface area contributed by atoms with Crippen molar-refractivity contribution in [2.75, 3.05) is 13.2 Å². The molecule has 0 radical (unpaired) electrons.